The maximum absolute atomic E-state index is 11.9. The van der Waals surface area contributed by atoms with Crippen molar-refractivity contribution < 1.29 is 9.53 Å². The maximum Gasteiger partial charge on any atom is 0.334 e. The van der Waals surface area contributed by atoms with Gasteiger partial charge in [-0.05, 0) is 20.8 Å². The van der Waals surface area contributed by atoms with Gasteiger partial charge in [0.15, 0.2) is 0 Å². The van der Waals surface area contributed by atoms with Crippen molar-refractivity contribution in [3.63, 3.8) is 0 Å². The van der Waals surface area contributed by atoms with Crippen molar-refractivity contribution in [2.45, 2.75) is 32.8 Å². The van der Waals surface area contributed by atoms with Crippen LogP contribution in [0.4, 0.5) is 0 Å². The highest BCUT2D eigenvalue weighted by Gasteiger charge is 2.20. The van der Waals surface area contributed by atoms with Crippen LogP contribution in [-0.2, 0) is 30.0 Å². The molecule has 0 radical (unpaired) electrons. The first-order chi connectivity index (χ1) is 9.03. The Labute approximate surface area is 117 Å². The fraction of sp³-hybridized carbons (Fsp3) is 0.500. The molecule has 0 atom stereocenters. The lowest BCUT2D eigenvalue weighted by Crippen LogP contribution is -2.38. The van der Waals surface area contributed by atoms with Crippen LogP contribution in [0.15, 0.2) is 27.9 Å². The van der Waals surface area contributed by atoms with Crippen molar-refractivity contribution in [3.8, 4) is 0 Å². The van der Waals surface area contributed by atoms with Crippen LogP contribution < -0.4 is 11.2 Å². The predicted molar refractivity (Wildman–Crippen MR) is 75.6 cm³/mol. The third-order valence-electron chi connectivity index (χ3n) is 2.61. The molecular weight excluding hydrogens is 260 g/mol. The van der Waals surface area contributed by atoms with E-state index in [4.69, 9.17) is 4.74 Å². The van der Waals surface area contributed by atoms with Gasteiger partial charge in [0.25, 0.3) is 5.56 Å². The van der Waals surface area contributed by atoms with Gasteiger partial charge in [0, 0.05) is 37.8 Å². The number of nitrogens with zero attached hydrogens (tertiary/aromatic N) is 2. The van der Waals surface area contributed by atoms with E-state index in [1.807, 2.05) is 0 Å². The minimum Gasteiger partial charge on any atom is -0.457 e. The summed E-state index contributed by atoms with van der Waals surface area (Å²) in [6, 6.07) is 0. The average molecular weight is 280 g/mol. The van der Waals surface area contributed by atoms with E-state index in [9.17, 15) is 14.4 Å². The molecule has 110 valence electrons. The minimum absolute atomic E-state index is 0.0513. The lowest BCUT2D eigenvalue weighted by molar-refractivity contribution is -0.149. The molecular formula is C14H20N2O4. The summed E-state index contributed by atoms with van der Waals surface area (Å²) in [6.07, 6.45) is 1.47. The molecule has 0 saturated heterocycles. The van der Waals surface area contributed by atoms with Gasteiger partial charge in [-0.1, -0.05) is 6.58 Å². The molecule has 0 aromatic carbocycles. The number of esters is 1. The molecule has 1 heterocycles. The van der Waals surface area contributed by atoms with Crippen LogP contribution in [0.3, 0.4) is 0 Å². The number of hydrogen-bond acceptors (Lipinski definition) is 4. The van der Waals surface area contributed by atoms with Crippen LogP contribution >= 0.6 is 0 Å². The summed E-state index contributed by atoms with van der Waals surface area (Å²) in [5.74, 6) is -0.548. The van der Waals surface area contributed by atoms with E-state index < -0.39 is 22.8 Å². The quantitative estimate of drug-likeness (QED) is 0.598. The highest BCUT2D eigenvalue weighted by molar-refractivity contribution is 5.88. The smallest absolute Gasteiger partial charge is 0.334 e. The molecule has 0 aliphatic carbocycles. The highest BCUT2D eigenvalue weighted by atomic mass is 16.6. The number of rotatable bonds is 3. The van der Waals surface area contributed by atoms with Crippen LogP contribution in [0.25, 0.3) is 0 Å². The molecule has 0 fully saturated rings. The molecule has 0 bridgehead atoms. The van der Waals surface area contributed by atoms with E-state index >= 15 is 0 Å². The molecule has 0 saturated carbocycles. The summed E-state index contributed by atoms with van der Waals surface area (Å²) in [4.78, 5) is 35.3. The zero-order valence-electron chi connectivity index (χ0n) is 12.5. The Bertz CT molecular complexity index is 659. The zero-order chi connectivity index (χ0) is 15.7. The minimum atomic E-state index is -0.617. The van der Waals surface area contributed by atoms with Crippen LogP contribution in [0.2, 0.25) is 0 Å². The summed E-state index contributed by atoms with van der Waals surface area (Å²) >= 11 is 0. The number of hydrogen-bond donors (Lipinski definition) is 0. The Kier molecular flexibility index (Phi) is 4.37. The van der Waals surface area contributed by atoms with Crippen molar-refractivity contribution in [2.75, 3.05) is 0 Å². The van der Waals surface area contributed by atoms with Gasteiger partial charge in [-0.2, -0.15) is 0 Å². The molecule has 0 N–H and O–H groups in total. The van der Waals surface area contributed by atoms with Crippen molar-refractivity contribution in [2.24, 2.45) is 14.1 Å². The number of carbonyl (C=O) groups is 1. The maximum atomic E-state index is 11.9. The molecule has 0 aliphatic rings. The number of aromatic nitrogens is 2. The fourth-order valence-electron chi connectivity index (χ4n) is 1.66. The summed E-state index contributed by atoms with van der Waals surface area (Å²) < 4.78 is 7.47. The summed E-state index contributed by atoms with van der Waals surface area (Å²) in [7, 11) is 2.94. The summed E-state index contributed by atoms with van der Waals surface area (Å²) in [6.45, 7) is 8.91. The van der Waals surface area contributed by atoms with Gasteiger partial charge in [0.1, 0.15) is 5.60 Å². The molecule has 20 heavy (non-hydrogen) atoms. The van der Waals surface area contributed by atoms with E-state index in [2.05, 4.69) is 6.58 Å². The van der Waals surface area contributed by atoms with E-state index in [0.29, 0.717) is 5.56 Å². The van der Waals surface area contributed by atoms with E-state index in [1.54, 1.807) is 27.8 Å². The topological polar surface area (TPSA) is 70.3 Å². The Morgan fingerprint density at radius 2 is 1.85 bits per heavy atom. The molecule has 0 amide bonds. The summed E-state index contributed by atoms with van der Waals surface area (Å²) in [5, 5.41) is 0. The second kappa shape index (κ2) is 5.48. The second-order valence-corrected chi connectivity index (χ2v) is 5.69. The van der Waals surface area contributed by atoms with Gasteiger partial charge in [-0.25, -0.2) is 9.59 Å². The van der Waals surface area contributed by atoms with Crippen molar-refractivity contribution in [1.82, 2.24) is 9.13 Å². The van der Waals surface area contributed by atoms with E-state index in [1.165, 1.54) is 17.8 Å². The van der Waals surface area contributed by atoms with Gasteiger partial charge in [0.05, 0.1) is 0 Å². The number of aryl methyl sites for hydroxylation is 1. The third-order valence-corrected chi connectivity index (χ3v) is 2.61. The Morgan fingerprint density at radius 3 is 2.35 bits per heavy atom. The Balaban J connectivity index is 3.01. The lowest BCUT2D eigenvalue weighted by Gasteiger charge is -2.20. The largest absolute Gasteiger partial charge is 0.457 e. The van der Waals surface area contributed by atoms with Gasteiger partial charge in [0.2, 0.25) is 0 Å². The first kappa shape index (κ1) is 15.9. The number of ether oxygens (including phenoxy) is 1. The van der Waals surface area contributed by atoms with Crippen molar-refractivity contribution in [1.29, 1.82) is 0 Å². The van der Waals surface area contributed by atoms with Gasteiger partial charge >= 0.3 is 11.7 Å². The highest BCUT2D eigenvalue weighted by Crippen LogP contribution is 2.12. The Morgan fingerprint density at radius 1 is 1.30 bits per heavy atom. The van der Waals surface area contributed by atoms with Crippen LogP contribution in [0.1, 0.15) is 26.3 Å². The predicted octanol–water partition coefficient (Wildman–Crippen LogP) is 0.524. The second-order valence-electron chi connectivity index (χ2n) is 5.69. The van der Waals surface area contributed by atoms with Gasteiger partial charge in [-0.3, -0.25) is 9.36 Å². The van der Waals surface area contributed by atoms with Crippen LogP contribution in [0, 0.1) is 0 Å². The monoisotopic (exact) mass is 280 g/mol. The first-order valence-corrected chi connectivity index (χ1v) is 6.19. The fourth-order valence-corrected chi connectivity index (χ4v) is 1.66. The molecule has 6 nitrogen and oxygen atoms in total. The molecule has 1 aromatic rings. The van der Waals surface area contributed by atoms with Gasteiger partial charge in [-0.15, -0.1) is 0 Å². The van der Waals surface area contributed by atoms with Crippen LogP contribution in [0.5, 0.6) is 0 Å². The third kappa shape index (κ3) is 3.69. The first-order valence-electron chi connectivity index (χ1n) is 6.19. The standard InChI is InChI=1S/C14H20N2O4/c1-9(12(18)20-14(2,3)4)7-10-8-15(5)13(19)16(6)11(10)17/h8H,1,7H2,2-6H3. The molecule has 0 spiro atoms. The van der Waals surface area contributed by atoms with Crippen molar-refractivity contribution in [3.05, 3.63) is 44.8 Å². The average Bonchev–Trinajstić information content (AvgIpc) is 2.31. The molecule has 0 aliphatic heterocycles. The van der Waals surface area contributed by atoms with E-state index in [0.717, 1.165) is 4.57 Å². The van der Waals surface area contributed by atoms with Gasteiger partial charge < -0.3 is 9.30 Å². The molecule has 1 rings (SSSR count). The SMILES string of the molecule is C=C(Cc1cn(C)c(=O)n(C)c1=O)C(=O)OC(C)(C)C. The van der Waals surface area contributed by atoms with Crippen LogP contribution in [-0.4, -0.2) is 20.7 Å². The Hall–Kier alpha value is -2.11. The molecule has 1 aromatic heterocycles. The molecule has 0 unspecified atom stereocenters. The summed E-state index contributed by atoms with van der Waals surface area (Å²) in [5.41, 5.74) is -0.963. The normalized spacial score (nSPS) is 11.2. The van der Waals surface area contributed by atoms with Crippen molar-refractivity contribution >= 4 is 5.97 Å². The molecule has 6 heteroatoms. The lowest BCUT2D eigenvalue weighted by atomic mass is 10.1. The number of carbonyl (C=O) groups excluding carboxylic acids is 1. The zero-order valence-corrected chi connectivity index (χ0v) is 12.5. The van der Waals surface area contributed by atoms with E-state index in [-0.39, 0.29) is 12.0 Å².